The molecule has 2 aromatic rings. The fourth-order valence-electron chi connectivity index (χ4n) is 4.09. The summed E-state index contributed by atoms with van der Waals surface area (Å²) in [7, 11) is 0. The number of hydrogen-bond donors (Lipinski definition) is 2. The zero-order valence-electron chi connectivity index (χ0n) is 16.1. The van der Waals surface area contributed by atoms with E-state index in [-0.39, 0.29) is 22.6 Å². The fraction of sp³-hybridized carbons (Fsp3) is 0.381. The summed E-state index contributed by atoms with van der Waals surface area (Å²) >= 11 is 1.45. The smallest absolute Gasteiger partial charge is 0.257 e. The van der Waals surface area contributed by atoms with Crippen LogP contribution < -0.4 is 10.9 Å². The lowest BCUT2D eigenvalue weighted by Crippen LogP contribution is -2.37. The van der Waals surface area contributed by atoms with E-state index in [9.17, 15) is 14.0 Å². The van der Waals surface area contributed by atoms with Crippen molar-refractivity contribution in [3.63, 3.8) is 0 Å². The average molecular weight is 399 g/mol. The number of Topliss-reactive ketones (excluding diaryl/α,β-unsaturated/α-hetero) is 1. The lowest BCUT2D eigenvalue weighted by atomic mass is 9.69. The lowest BCUT2D eigenvalue weighted by molar-refractivity contribution is -0.118. The standard InChI is InChI=1S/C21H22FN3O2S/c1-4-28-20-24-18-17(19(27)25-20)15(11-5-7-12(22)8-6-11)16-13(23-18)9-21(2,3)10-14(16)26/h5-8,15H,4,9-10H2,1-3H3,(H2,23,24,25,27)/t15-/m1/s1. The predicted molar refractivity (Wildman–Crippen MR) is 108 cm³/mol. The molecule has 4 rings (SSSR count). The molecule has 5 nitrogen and oxygen atoms in total. The van der Waals surface area contributed by atoms with Gasteiger partial charge in [0.2, 0.25) is 0 Å². The molecule has 0 radical (unpaired) electrons. The first-order valence-electron chi connectivity index (χ1n) is 9.35. The molecule has 28 heavy (non-hydrogen) atoms. The van der Waals surface area contributed by atoms with Gasteiger partial charge in [-0.1, -0.05) is 44.7 Å². The van der Waals surface area contributed by atoms with Crippen molar-refractivity contribution >= 4 is 23.4 Å². The van der Waals surface area contributed by atoms with Crippen molar-refractivity contribution in [2.45, 2.75) is 44.7 Å². The van der Waals surface area contributed by atoms with Crippen LogP contribution in [0.25, 0.3) is 0 Å². The summed E-state index contributed by atoms with van der Waals surface area (Å²) in [4.78, 5) is 33.5. The summed E-state index contributed by atoms with van der Waals surface area (Å²) in [5.41, 5.74) is 2.10. The van der Waals surface area contributed by atoms with Crippen LogP contribution in [0.2, 0.25) is 0 Å². The number of fused-ring (bicyclic) bond motifs is 1. The molecule has 1 aromatic heterocycles. The minimum Gasteiger partial charge on any atom is -0.343 e. The zero-order chi connectivity index (χ0) is 20.1. The van der Waals surface area contributed by atoms with Gasteiger partial charge in [-0.25, -0.2) is 9.37 Å². The Morgan fingerprint density at radius 2 is 1.93 bits per heavy atom. The number of thioether (sulfide) groups is 1. The third-order valence-corrected chi connectivity index (χ3v) is 5.94. The number of H-pyrrole nitrogens is 1. The molecule has 2 aliphatic rings. The summed E-state index contributed by atoms with van der Waals surface area (Å²) in [6.45, 7) is 6.10. The van der Waals surface area contributed by atoms with Gasteiger partial charge in [0.15, 0.2) is 10.9 Å². The molecule has 7 heteroatoms. The van der Waals surface area contributed by atoms with Gasteiger partial charge < -0.3 is 10.3 Å². The summed E-state index contributed by atoms with van der Waals surface area (Å²) in [6.07, 6.45) is 1.10. The van der Waals surface area contributed by atoms with Gasteiger partial charge in [0.05, 0.1) is 5.56 Å². The molecule has 2 heterocycles. The number of nitrogens with zero attached hydrogens (tertiary/aromatic N) is 1. The molecule has 1 aliphatic carbocycles. The molecule has 1 aromatic carbocycles. The van der Waals surface area contributed by atoms with Crippen LogP contribution in [-0.2, 0) is 4.79 Å². The second-order valence-electron chi connectivity index (χ2n) is 8.01. The van der Waals surface area contributed by atoms with Crippen LogP contribution in [0.5, 0.6) is 0 Å². The monoisotopic (exact) mass is 399 g/mol. The number of nitrogens with one attached hydrogen (secondary N) is 2. The van der Waals surface area contributed by atoms with Crippen LogP contribution in [0.15, 0.2) is 45.5 Å². The van der Waals surface area contributed by atoms with E-state index >= 15 is 0 Å². The highest BCUT2D eigenvalue weighted by atomic mass is 32.2. The molecule has 0 fully saturated rings. The number of halogens is 1. The SMILES string of the molecule is CCSc1nc2c(c(=O)[nH]1)[C@H](c1ccc(F)cc1)C1=C(CC(C)(C)CC1=O)N2. The van der Waals surface area contributed by atoms with Gasteiger partial charge in [-0.2, -0.15) is 0 Å². The first kappa shape index (κ1) is 18.9. The molecule has 0 saturated heterocycles. The predicted octanol–water partition coefficient (Wildman–Crippen LogP) is 4.22. The van der Waals surface area contributed by atoms with Gasteiger partial charge in [0.25, 0.3) is 5.56 Å². The van der Waals surface area contributed by atoms with Crippen LogP contribution in [0, 0.1) is 11.2 Å². The molecule has 0 bridgehead atoms. The van der Waals surface area contributed by atoms with Crippen molar-refractivity contribution in [3.05, 3.63) is 62.8 Å². The Morgan fingerprint density at radius 1 is 1.21 bits per heavy atom. The normalized spacial score (nSPS) is 20.4. The van der Waals surface area contributed by atoms with Gasteiger partial charge in [-0.15, -0.1) is 0 Å². The van der Waals surface area contributed by atoms with Crippen LogP contribution in [0.3, 0.4) is 0 Å². The number of carbonyl (C=O) groups is 1. The van der Waals surface area contributed by atoms with Crippen LogP contribution in [-0.4, -0.2) is 21.5 Å². The summed E-state index contributed by atoms with van der Waals surface area (Å²) in [6, 6.07) is 6.00. The van der Waals surface area contributed by atoms with E-state index < -0.39 is 5.92 Å². The lowest BCUT2D eigenvalue weighted by Gasteiger charge is -2.38. The van der Waals surface area contributed by atoms with E-state index in [0.29, 0.717) is 40.5 Å². The van der Waals surface area contributed by atoms with Gasteiger partial charge in [0, 0.05) is 23.6 Å². The van der Waals surface area contributed by atoms with Crippen molar-refractivity contribution in [2.75, 3.05) is 11.1 Å². The van der Waals surface area contributed by atoms with Crippen molar-refractivity contribution in [2.24, 2.45) is 5.41 Å². The minimum atomic E-state index is -0.549. The molecule has 1 aliphatic heterocycles. The van der Waals surface area contributed by atoms with Crippen molar-refractivity contribution in [1.29, 1.82) is 0 Å². The largest absolute Gasteiger partial charge is 0.343 e. The van der Waals surface area contributed by atoms with Crippen LogP contribution in [0.1, 0.15) is 50.7 Å². The molecule has 0 saturated carbocycles. The number of allylic oxidation sites excluding steroid dienone is 2. The van der Waals surface area contributed by atoms with Crippen molar-refractivity contribution < 1.29 is 9.18 Å². The molecular weight excluding hydrogens is 377 g/mol. The van der Waals surface area contributed by atoms with Gasteiger partial charge in [-0.3, -0.25) is 9.59 Å². The van der Waals surface area contributed by atoms with E-state index in [0.717, 1.165) is 11.4 Å². The highest BCUT2D eigenvalue weighted by Gasteiger charge is 2.42. The zero-order valence-corrected chi connectivity index (χ0v) is 16.9. The summed E-state index contributed by atoms with van der Waals surface area (Å²) in [5.74, 6) is 0.378. The summed E-state index contributed by atoms with van der Waals surface area (Å²) in [5, 5.41) is 3.82. The topological polar surface area (TPSA) is 74.8 Å². The molecule has 0 unspecified atom stereocenters. The second kappa shape index (κ2) is 6.88. The molecule has 2 N–H and O–H groups in total. The Bertz CT molecular complexity index is 1040. The van der Waals surface area contributed by atoms with Gasteiger partial charge in [-0.05, 0) is 35.3 Å². The molecule has 0 amide bonds. The van der Waals surface area contributed by atoms with E-state index in [1.165, 1.54) is 23.9 Å². The number of ketones is 1. The number of rotatable bonds is 3. The van der Waals surface area contributed by atoms with E-state index in [2.05, 4.69) is 29.1 Å². The highest BCUT2D eigenvalue weighted by Crippen LogP contribution is 2.47. The number of hydrogen-bond acceptors (Lipinski definition) is 5. The number of aromatic amines is 1. The third kappa shape index (κ3) is 3.28. The quantitative estimate of drug-likeness (QED) is 0.597. The third-order valence-electron chi connectivity index (χ3n) is 5.18. The van der Waals surface area contributed by atoms with E-state index in [4.69, 9.17) is 0 Å². The Labute approximate surface area is 166 Å². The van der Waals surface area contributed by atoms with Crippen molar-refractivity contribution in [1.82, 2.24) is 9.97 Å². The molecular formula is C21H22FN3O2S. The maximum Gasteiger partial charge on any atom is 0.257 e. The molecule has 146 valence electrons. The summed E-state index contributed by atoms with van der Waals surface area (Å²) < 4.78 is 13.5. The Hall–Kier alpha value is -2.41. The molecule has 0 spiro atoms. The Morgan fingerprint density at radius 3 is 2.61 bits per heavy atom. The Balaban J connectivity index is 1.95. The number of benzene rings is 1. The van der Waals surface area contributed by atoms with Crippen LogP contribution in [0.4, 0.5) is 10.2 Å². The first-order chi connectivity index (χ1) is 13.3. The van der Waals surface area contributed by atoms with Gasteiger partial charge >= 0.3 is 0 Å². The second-order valence-corrected chi connectivity index (χ2v) is 9.26. The highest BCUT2D eigenvalue weighted by molar-refractivity contribution is 7.99. The maximum absolute atomic E-state index is 13.5. The van der Waals surface area contributed by atoms with Crippen molar-refractivity contribution in [3.8, 4) is 0 Å². The number of anilines is 1. The first-order valence-corrected chi connectivity index (χ1v) is 10.3. The van der Waals surface area contributed by atoms with Crippen LogP contribution >= 0.6 is 11.8 Å². The number of aromatic nitrogens is 2. The van der Waals surface area contributed by atoms with E-state index in [1.807, 2.05) is 6.92 Å². The average Bonchev–Trinajstić information content (AvgIpc) is 2.60. The Kier molecular flexibility index (Phi) is 4.65. The number of carbonyl (C=O) groups excluding carboxylic acids is 1. The maximum atomic E-state index is 13.5. The minimum absolute atomic E-state index is 0.0186. The fourth-order valence-corrected chi connectivity index (χ4v) is 4.68. The van der Waals surface area contributed by atoms with E-state index in [1.54, 1.807) is 12.1 Å². The van der Waals surface area contributed by atoms with Gasteiger partial charge in [0.1, 0.15) is 11.6 Å². The molecule has 1 atom stereocenters.